The smallest absolute Gasteiger partial charge is 0.263 e. The molecule has 0 unspecified atom stereocenters. The number of carbonyl (C=O) groups is 3. The van der Waals surface area contributed by atoms with Crippen LogP contribution in [0.1, 0.15) is 42.2 Å². The molecule has 0 saturated heterocycles. The van der Waals surface area contributed by atoms with Gasteiger partial charge in [0.1, 0.15) is 6.67 Å². The third kappa shape index (κ3) is 3.55. The van der Waals surface area contributed by atoms with Gasteiger partial charge in [-0.05, 0) is 61.9 Å². The first-order chi connectivity index (χ1) is 14.4. The van der Waals surface area contributed by atoms with Crippen molar-refractivity contribution in [3.05, 3.63) is 99.0 Å². The van der Waals surface area contributed by atoms with Gasteiger partial charge in [-0.25, -0.2) is 0 Å². The number of amides is 3. The first-order valence-electron chi connectivity index (χ1n) is 9.46. The van der Waals surface area contributed by atoms with Gasteiger partial charge in [0.2, 0.25) is 0 Å². The largest absolute Gasteiger partial charge is 0.289 e. The zero-order chi connectivity index (χ0) is 21.4. The molecule has 0 saturated carbocycles. The maximum absolute atomic E-state index is 13.4. The second-order valence-electron chi connectivity index (χ2n) is 7.26. The molecule has 0 radical (unpaired) electrons. The van der Waals surface area contributed by atoms with E-state index in [4.69, 9.17) is 0 Å². The summed E-state index contributed by atoms with van der Waals surface area (Å²) in [7, 11) is 0. The Morgan fingerprint density at radius 1 is 0.900 bits per heavy atom. The number of nitrogens with zero attached hydrogens (tertiary/aromatic N) is 2. The number of fused-ring (bicyclic) bond motifs is 1. The zero-order valence-corrected chi connectivity index (χ0v) is 18.1. The number of hydrogen-bond donors (Lipinski definition) is 0. The average Bonchev–Trinajstić information content (AvgIpc) is 2.97. The van der Waals surface area contributed by atoms with Gasteiger partial charge in [-0.2, -0.15) is 0 Å². The molecule has 0 fully saturated rings. The van der Waals surface area contributed by atoms with Gasteiger partial charge in [-0.1, -0.05) is 45.8 Å². The van der Waals surface area contributed by atoms with Crippen LogP contribution >= 0.6 is 15.9 Å². The van der Waals surface area contributed by atoms with Crippen molar-refractivity contribution in [2.45, 2.75) is 13.8 Å². The molecule has 0 atom stereocenters. The Morgan fingerprint density at radius 2 is 1.50 bits per heavy atom. The molecular weight excluding hydrogens is 444 g/mol. The molecule has 3 aromatic carbocycles. The van der Waals surface area contributed by atoms with E-state index in [9.17, 15) is 14.4 Å². The lowest BCUT2D eigenvalue weighted by Gasteiger charge is -2.28. The number of carbonyl (C=O) groups excluding carboxylic acids is 3. The summed E-state index contributed by atoms with van der Waals surface area (Å²) in [5.74, 6) is -1.08. The number of halogens is 1. The second-order valence-corrected chi connectivity index (χ2v) is 8.17. The van der Waals surface area contributed by atoms with Crippen LogP contribution < -0.4 is 4.90 Å². The fourth-order valence-electron chi connectivity index (χ4n) is 3.62. The third-order valence-corrected chi connectivity index (χ3v) is 5.67. The van der Waals surface area contributed by atoms with E-state index < -0.39 is 11.8 Å². The summed E-state index contributed by atoms with van der Waals surface area (Å²) in [6.07, 6.45) is 0. The second kappa shape index (κ2) is 7.88. The van der Waals surface area contributed by atoms with Crippen molar-refractivity contribution in [2.75, 3.05) is 11.6 Å². The average molecular weight is 463 g/mol. The van der Waals surface area contributed by atoms with E-state index in [1.807, 2.05) is 32.0 Å². The van der Waals surface area contributed by atoms with Crippen LogP contribution in [0.3, 0.4) is 0 Å². The molecule has 0 aromatic heterocycles. The third-order valence-electron chi connectivity index (χ3n) is 5.14. The van der Waals surface area contributed by atoms with E-state index in [0.29, 0.717) is 22.4 Å². The molecule has 6 heteroatoms. The number of benzene rings is 3. The van der Waals surface area contributed by atoms with Crippen molar-refractivity contribution < 1.29 is 14.4 Å². The molecule has 0 N–H and O–H groups in total. The monoisotopic (exact) mass is 462 g/mol. The van der Waals surface area contributed by atoms with E-state index >= 15 is 0 Å². The highest BCUT2D eigenvalue weighted by molar-refractivity contribution is 9.10. The molecule has 0 spiro atoms. The normalized spacial score (nSPS) is 12.8. The minimum atomic E-state index is -0.394. The van der Waals surface area contributed by atoms with Gasteiger partial charge < -0.3 is 0 Å². The first-order valence-corrected chi connectivity index (χ1v) is 10.3. The summed E-state index contributed by atoms with van der Waals surface area (Å²) in [5.41, 5.74) is 3.79. The van der Waals surface area contributed by atoms with Crippen molar-refractivity contribution in [2.24, 2.45) is 0 Å². The van der Waals surface area contributed by atoms with Gasteiger partial charge in [0.15, 0.2) is 0 Å². The Labute approximate surface area is 183 Å². The fourth-order valence-corrected chi connectivity index (χ4v) is 3.88. The van der Waals surface area contributed by atoms with Crippen molar-refractivity contribution in [3.8, 4) is 0 Å². The Balaban J connectivity index is 1.74. The SMILES string of the molecule is Cc1ccc(N(CN2C(=O)c3ccccc3C2=O)C(=O)c2ccc(Br)cc2)c(C)c1. The molecule has 1 heterocycles. The molecule has 30 heavy (non-hydrogen) atoms. The fraction of sp³-hybridized carbons (Fsp3) is 0.125. The Kier molecular flexibility index (Phi) is 5.26. The van der Waals surface area contributed by atoms with E-state index in [1.165, 1.54) is 4.90 Å². The van der Waals surface area contributed by atoms with Gasteiger partial charge in [0.05, 0.1) is 11.1 Å². The molecule has 3 aromatic rings. The highest BCUT2D eigenvalue weighted by atomic mass is 79.9. The summed E-state index contributed by atoms with van der Waals surface area (Å²) >= 11 is 3.38. The predicted octanol–water partition coefficient (Wildman–Crippen LogP) is 4.97. The van der Waals surface area contributed by atoms with Gasteiger partial charge in [-0.15, -0.1) is 0 Å². The Hall–Kier alpha value is -3.25. The number of hydrogen-bond acceptors (Lipinski definition) is 3. The van der Waals surface area contributed by atoms with Crippen LogP contribution in [0.25, 0.3) is 0 Å². The Bertz CT molecular complexity index is 1140. The van der Waals surface area contributed by atoms with Gasteiger partial charge in [0.25, 0.3) is 17.7 Å². The lowest BCUT2D eigenvalue weighted by Crippen LogP contribution is -2.44. The molecular formula is C24H19BrN2O3. The summed E-state index contributed by atoms with van der Waals surface area (Å²) in [4.78, 5) is 41.8. The maximum Gasteiger partial charge on any atom is 0.263 e. The molecule has 0 bridgehead atoms. The van der Waals surface area contributed by atoms with Crippen LogP contribution in [0.5, 0.6) is 0 Å². The summed E-state index contributed by atoms with van der Waals surface area (Å²) in [6, 6.07) is 19.4. The van der Waals surface area contributed by atoms with Crippen LogP contribution in [0.4, 0.5) is 5.69 Å². The van der Waals surface area contributed by atoms with E-state index in [2.05, 4.69) is 15.9 Å². The standard InChI is InChI=1S/C24H19BrN2O3/c1-15-7-12-21(16(2)13-15)26(22(28)17-8-10-18(25)11-9-17)14-27-23(29)19-5-3-4-6-20(19)24(27)30/h3-13H,14H2,1-2H3. The van der Waals surface area contributed by atoms with Crippen molar-refractivity contribution in [3.63, 3.8) is 0 Å². The first kappa shape index (κ1) is 20.0. The lowest BCUT2D eigenvalue weighted by molar-refractivity contribution is 0.0650. The summed E-state index contributed by atoms with van der Waals surface area (Å²) in [6.45, 7) is 3.72. The molecule has 150 valence electrons. The topological polar surface area (TPSA) is 57.7 Å². The predicted molar refractivity (Wildman–Crippen MR) is 119 cm³/mol. The molecule has 4 rings (SSSR count). The number of imide groups is 1. The molecule has 1 aliphatic rings. The molecule has 0 aliphatic carbocycles. The maximum atomic E-state index is 13.4. The van der Waals surface area contributed by atoms with Crippen LogP contribution in [0, 0.1) is 13.8 Å². The Morgan fingerprint density at radius 3 is 2.07 bits per heavy atom. The van der Waals surface area contributed by atoms with Crippen molar-refractivity contribution in [1.29, 1.82) is 0 Å². The van der Waals surface area contributed by atoms with Crippen LogP contribution in [-0.4, -0.2) is 29.3 Å². The van der Waals surface area contributed by atoms with E-state index in [-0.39, 0.29) is 12.6 Å². The summed E-state index contributed by atoms with van der Waals surface area (Å²) in [5, 5.41) is 0. The number of anilines is 1. The van der Waals surface area contributed by atoms with Crippen LogP contribution in [0.15, 0.2) is 71.2 Å². The number of aryl methyl sites for hydroxylation is 2. The van der Waals surface area contributed by atoms with Crippen LogP contribution in [-0.2, 0) is 0 Å². The van der Waals surface area contributed by atoms with Gasteiger partial charge >= 0.3 is 0 Å². The van der Waals surface area contributed by atoms with Gasteiger partial charge in [-0.3, -0.25) is 24.2 Å². The minimum absolute atomic E-state index is 0.162. The minimum Gasteiger partial charge on any atom is -0.289 e. The van der Waals surface area contributed by atoms with E-state index in [0.717, 1.165) is 20.5 Å². The van der Waals surface area contributed by atoms with Gasteiger partial charge in [0, 0.05) is 15.7 Å². The quantitative estimate of drug-likeness (QED) is 0.514. The molecule has 3 amide bonds. The lowest BCUT2D eigenvalue weighted by atomic mass is 10.1. The van der Waals surface area contributed by atoms with Crippen LogP contribution in [0.2, 0.25) is 0 Å². The highest BCUT2D eigenvalue weighted by Crippen LogP contribution is 2.28. The van der Waals surface area contributed by atoms with Crippen molar-refractivity contribution >= 4 is 39.3 Å². The van der Waals surface area contributed by atoms with Crippen molar-refractivity contribution in [1.82, 2.24) is 4.90 Å². The number of rotatable bonds is 4. The zero-order valence-electron chi connectivity index (χ0n) is 16.6. The molecule has 1 aliphatic heterocycles. The summed E-state index contributed by atoms with van der Waals surface area (Å²) < 4.78 is 0.859. The molecule has 5 nitrogen and oxygen atoms in total. The van der Waals surface area contributed by atoms with E-state index in [1.54, 1.807) is 48.5 Å². The highest BCUT2D eigenvalue weighted by Gasteiger charge is 2.37.